The van der Waals surface area contributed by atoms with E-state index in [0.29, 0.717) is 9.90 Å². The van der Waals surface area contributed by atoms with Gasteiger partial charge in [0, 0.05) is 10.3 Å². The van der Waals surface area contributed by atoms with Crippen molar-refractivity contribution in [3.63, 3.8) is 0 Å². The largest absolute Gasteiger partial charge is 0.481 e. The van der Waals surface area contributed by atoms with Crippen molar-refractivity contribution >= 4 is 35.0 Å². The number of thiophene rings is 1. The molecule has 1 amide bonds. The second kappa shape index (κ2) is 6.25. The molecule has 0 aliphatic heterocycles. The van der Waals surface area contributed by atoms with Crippen molar-refractivity contribution in [2.24, 2.45) is 0 Å². The zero-order chi connectivity index (χ0) is 14.6. The third-order valence-electron chi connectivity index (χ3n) is 2.00. The molecule has 1 rings (SSSR count). The minimum absolute atomic E-state index is 0.226. The van der Waals surface area contributed by atoms with Gasteiger partial charge in [-0.15, -0.1) is 11.3 Å². The molecule has 5 nitrogen and oxygen atoms in total. The van der Waals surface area contributed by atoms with Crippen LogP contribution in [0.25, 0.3) is 0 Å². The van der Waals surface area contributed by atoms with E-state index < -0.39 is 23.7 Å². The number of nitrogens with one attached hydrogen (secondary N) is 1. The molecule has 19 heavy (non-hydrogen) atoms. The summed E-state index contributed by atoms with van der Waals surface area (Å²) in [5.74, 6) is -1.01. The zero-order valence-electron chi connectivity index (χ0n) is 10.9. The number of hydrogen-bond acceptors (Lipinski definition) is 4. The van der Waals surface area contributed by atoms with Gasteiger partial charge in [-0.25, -0.2) is 4.79 Å². The molecular weight excluding hydrogens is 290 g/mol. The Labute approximate surface area is 120 Å². The quantitative estimate of drug-likeness (QED) is 0.893. The summed E-state index contributed by atoms with van der Waals surface area (Å²) in [5, 5.41) is 13.6. The lowest BCUT2D eigenvalue weighted by atomic mass is 10.1. The second-order valence-corrected chi connectivity index (χ2v) is 6.34. The highest BCUT2D eigenvalue weighted by molar-refractivity contribution is 7.10. The molecule has 7 heteroatoms. The lowest BCUT2D eigenvalue weighted by molar-refractivity contribution is -0.137. The summed E-state index contributed by atoms with van der Waals surface area (Å²) >= 11 is 7.10. The summed E-state index contributed by atoms with van der Waals surface area (Å²) in [6.45, 7) is 5.21. The Hall–Kier alpha value is -1.27. The molecule has 0 radical (unpaired) electrons. The van der Waals surface area contributed by atoms with E-state index in [1.807, 2.05) is 0 Å². The van der Waals surface area contributed by atoms with Crippen molar-refractivity contribution < 1.29 is 19.4 Å². The van der Waals surface area contributed by atoms with Gasteiger partial charge < -0.3 is 15.2 Å². The lowest BCUT2D eigenvalue weighted by Crippen LogP contribution is -2.35. The van der Waals surface area contributed by atoms with E-state index in [1.165, 1.54) is 11.3 Å². The Morgan fingerprint density at radius 1 is 1.53 bits per heavy atom. The topological polar surface area (TPSA) is 75.6 Å². The van der Waals surface area contributed by atoms with Gasteiger partial charge >= 0.3 is 12.1 Å². The van der Waals surface area contributed by atoms with E-state index in [4.69, 9.17) is 21.4 Å². The Kier molecular flexibility index (Phi) is 5.20. The summed E-state index contributed by atoms with van der Waals surface area (Å²) in [6, 6.07) is 0.988. The molecule has 1 aromatic heterocycles. The van der Waals surface area contributed by atoms with Crippen LogP contribution in [0, 0.1) is 0 Å². The van der Waals surface area contributed by atoms with E-state index in [9.17, 15) is 9.59 Å². The molecular formula is C12H16ClNO4S. The molecule has 0 aliphatic carbocycles. The van der Waals surface area contributed by atoms with Crippen LogP contribution in [-0.2, 0) is 9.53 Å². The summed E-state index contributed by atoms with van der Waals surface area (Å²) in [5.41, 5.74) is -0.634. The van der Waals surface area contributed by atoms with E-state index in [2.05, 4.69) is 5.32 Å². The first-order chi connectivity index (χ1) is 8.67. The molecule has 0 bridgehead atoms. The third-order valence-corrected chi connectivity index (χ3v) is 3.39. The summed E-state index contributed by atoms with van der Waals surface area (Å²) in [4.78, 5) is 23.2. The van der Waals surface area contributed by atoms with E-state index in [1.54, 1.807) is 32.2 Å². The van der Waals surface area contributed by atoms with Gasteiger partial charge in [-0.3, -0.25) is 4.79 Å². The standard InChI is InChI=1S/C12H16ClNO4S/c1-12(2,3)18-11(17)14-8(5-10(15)16)9-4-7(13)6-19-9/h4,6,8H,5H2,1-3H3,(H,14,17)(H,15,16)/t8-/m1/s1. The average Bonchev–Trinajstić information content (AvgIpc) is 2.60. The highest BCUT2D eigenvalue weighted by atomic mass is 35.5. The first-order valence-corrected chi connectivity index (χ1v) is 6.88. The highest BCUT2D eigenvalue weighted by Crippen LogP contribution is 2.27. The van der Waals surface area contributed by atoms with Crippen molar-refractivity contribution in [1.82, 2.24) is 5.32 Å². The number of carboxylic acid groups (broad SMARTS) is 1. The van der Waals surface area contributed by atoms with Gasteiger partial charge in [0.25, 0.3) is 0 Å². The number of carbonyl (C=O) groups excluding carboxylic acids is 1. The molecule has 0 saturated carbocycles. The van der Waals surface area contributed by atoms with Crippen molar-refractivity contribution in [1.29, 1.82) is 0 Å². The predicted octanol–water partition coefficient (Wildman–Crippen LogP) is 3.44. The minimum Gasteiger partial charge on any atom is -0.481 e. The summed E-state index contributed by atoms with van der Waals surface area (Å²) in [7, 11) is 0. The monoisotopic (exact) mass is 305 g/mol. The van der Waals surface area contributed by atoms with Gasteiger partial charge in [-0.1, -0.05) is 11.6 Å². The maximum absolute atomic E-state index is 11.7. The van der Waals surface area contributed by atoms with E-state index in [-0.39, 0.29) is 6.42 Å². The second-order valence-electron chi connectivity index (χ2n) is 4.96. The number of aliphatic carboxylic acids is 1. The van der Waals surface area contributed by atoms with Gasteiger partial charge in [0.05, 0.1) is 17.5 Å². The van der Waals surface area contributed by atoms with Crippen LogP contribution in [0.3, 0.4) is 0 Å². The first-order valence-electron chi connectivity index (χ1n) is 5.62. The average molecular weight is 306 g/mol. The number of ether oxygens (including phenoxy) is 1. The Morgan fingerprint density at radius 3 is 2.58 bits per heavy atom. The maximum atomic E-state index is 11.7. The van der Waals surface area contributed by atoms with Crippen molar-refractivity contribution in [3.8, 4) is 0 Å². The van der Waals surface area contributed by atoms with Gasteiger partial charge in [-0.05, 0) is 26.8 Å². The van der Waals surface area contributed by atoms with Gasteiger partial charge in [0.15, 0.2) is 0 Å². The molecule has 1 heterocycles. The number of halogens is 1. The molecule has 2 N–H and O–H groups in total. The summed E-state index contributed by atoms with van der Waals surface area (Å²) in [6.07, 6.45) is -0.876. The molecule has 0 aliphatic rings. The van der Waals surface area contributed by atoms with Crippen LogP contribution in [0.5, 0.6) is 0 Å². The fourth-order valence-corrected chi connectivity index (χ4v) is 2.49. The Balaban J connectivity index is 2.76. The van der Waals surface area contributed by atoms with Crippen molar-refractivity contribution in [2.75, 3.05) is 0 Å². The van der Waals surface area contributed by atoms with E-state index >= 15 is 0 Å². The van der Waals surface area contributed by atoms with Crippen LogP contribution >= 0.6 is 22.9 Å². The molecule has 106 valence electrons. The fourth-order valence-electron chi connectivity index (χ4n) is 1.36. The molecule has 0 saturated heterocycles. The maximum Gasteiger partial charge on any atom is 0.408 e. The molecule has 0 aromatic carbocycles. The number of carboxylic acids is 1. The zero-order valence-corrected chi connectivity index (χ0v) is 12.5. The minimum atomic E-state index is -1.01. The van der Waals surface area contributed by atoms with Crippen LogP contribution in [0.2, 0.25) is 5.02 Å². The van der Waals surface area contributed by atoms with Crippen LogP contribution < -0.4 is 5.32 Å². The smallest absolute Gasteiger partial charge is 0.408 e. The molecule has 1 aromatic rings. The highest BCUT2D eigenvalue weighted by Gasteiger charge is 2.23. The molecule has 0 spiro atoms. The SMILES string of the molecule is CC(C)(C)OC(=O)N[C@H](CC(=O)O)c1cc(Cl)cs1. The Morgan fingerprint density at radius 2 is 2.16 bits per heavy atom. The van der Waals surface area contributed by atoms with E-state index in [0.717, 1.165) is 0 Å². The van der Waals surface area contributed by atoms with Gasteiger partial charge in [0.1, 0.15) is 5.60 Å². The van der Waals surface area contributed by atoms with Crippen LogP contribution in [0.1, 0.15) is 38.1 Å². The van der Waals surface area contributed by atoms with Crippen LogP contribution in [-0.4, -0.2) is 22.8 Å². The number of hydrogen-bond donors (Lipinski definition) is 2. The van der Waals surface area contributed by atoms with Gasteiger partial charge in [-0.2, -0.15) is 0 Å². The van der Waals surface area contributed by atoms with Crippen molar-refractivity contribution in [3.05, 3.63) is 21.3 Å². The number of rotatable bonds is 4. The predicted molar refractivity (Wildman–Crippen MR) is 73.7 cm³/mol. The molecule has 0 unspecified atom stereocenters. The fraction of sp³-hybridized carbons (Fsp3) is 0.500. The van der Waals surface area contributed by atoms with Crippen LogP contribution in [0.15, 0.2) is 11.4 Å². The summed E-state index contributed by atoms with van der Waals surface area (Å²) < 4.78 is 5.11. The molecule has 0 fully saturated rings. The Bertz CT molecular complexity index is 467. The van der Waals surface area contributed by atoms with Crippen LogP contribution in [0.4, 0.5) is 4.79 Å². The van der Waals surface area contributed by atoms with Crippen molar-refractivity contribution in [2.45, 2.75) is 38.8 Å². The third kappa shape index (κ3) is 5.94. The molecule has 1 atom stereocenters. The number of carbonyl (C=O) groups is 2. The normalized spacial score (nSPS) is 12.8. The first kappa shape index (κ1) is 15.8. The lowest BCUT2D eigenvalue weighted by Gasteiger charge is -2.22. The number of amides is 1. The number of alkyl carbamates (subject to hydrolysis) is 1. The van der Waals surface area contributed by atoms with Gasteiger partial charge in [0.2, 0.25) is 0 Å².